The van der Waals surface area contributed by atoms with Crippen LogP contribution >= 0.6 is 11.3 Å². The summed E-state index contributed by atoms with van der Waals surface area (Å²) in [4.78, 5) is 18.7. The molecule has 1 aliphatic rings. The van der Waals surface area contributed by atoms with E-state index in [2.05, 4.69) is 35.5 Å². The molecule has 0 saturated heterocycles. The van der Waals surface area contributed by atoms with Gasteiger partial charge in [-0.3, -0.25) is 4.98 Å². The van der Waals surface area contributed by atoms with Crippen LogP contribution in [-0.4, -0.2) is 37.2 Å². The maximum absolute atomic E-state index is 9.84. The third kappa shape index (κ3) is 4.35. The molecule has 1 aliphatic carbocycles. The molecule has 0 bridgehead atoms. The zero-order valence-corrected chi connectivity index (χ0v) is 20.6. The van der Waals surface area contributed by atoms with Crippen molar-refractivity contribution in [1.29, 1.82) is 0 Å². The second-order valence-electron chi connectivity index (χ2n) is 9.36. The maximum Gasteiger partial charge on any atom is 0.225 e. The average molecular weight is 475 g/mol. The molecule has 3 heterocycles. The van der Waals surface area contributed by atoms with Crippen molar-refractivity contribution < 1.29 is 5.11 Å². The van der Waals surface area contributed by atoms with Gasteiger partial charge >= 0.3 is 0 Å². The van der Waals surface area contributed by atoms with Crippen LogP contribution < -0.4 is 10.6 Å². The maximum atomic E-state index is 9.84. The van der Waals surface area contributed by atoms with Crippen molar-refractivity contribution in [3.63, 3.8) is 0 Å². The number of hydrogen-bond donors (Lipinski definition) is 3. The van der Waals surface area contributed by atoms with Gasteiger partial charge in [0.05, 0.1) is 21.5 Å². The highest BCUT2D eigenvalue weighted by Gasteiger charge is 2.42. The number of pyridine rings is 1. The van der Waals surface area contributed by atoms with E-state index in [-0.39, 0.29) is 18.1 Å². The summed E-state index contributed by atoms with van der Waals surface area (Å²) < 4.78 is 1.14. The van der Waals surface area contributed by atoms with Gasteiger partial charge in [0.25, 0.3) is 0 Å². The first-order chi connectivity index (χ1) is 16.5. The molecule has 0 aliphatic heterocycles. The molecule has 5 rings (SSSR count). The van der Waals surface area contributed by atoms with E-state index in [1.165, 1.54) is 0 Å². The lowest BCUT2D eigenvalue weighted by Crippen LogP contribution is -2.40. The summed E-state index contributed by atoms with van der Waals surface area (Å²) in [5.41, 5.74) is 3.73. The normalized spacial score (nSPS) is 22.2. The number of aliphatic hydroxyl groups excluding tert-OH is 1. The second-order valence-corrected chi connectivity index (χ2v) is 10.4. The van der Waals surface area contributed by atoms with Gasteiger partial charge in [0.2, 0.25) is 5.95 Å². The zero-order chi connectivity index (χ0) is 23.7. The number of rotatable bonds is 7. The van der Waals surface area contributed by atoms with E-state index in [4.69, 9.17) is 15.0 Å². The number of aliphatic hydroxyl groups is 1. The molecule has 7 nitrogen and oxygen atoms in total. The molecule has 176 valence electrons. The summed E-state index contributed by atoms with van der Waals surface area (Å²) in [6.45, 7) is 7.29. The lowest BCUT2D eigenvalue weighted by molar-refractivity contribution is 0.187. The van der Waals surface area contributed by atoms with Crippen molar-refractivity contribution in [2.24, 2.45) is 11.8 Å². The van der Waals surface area contributed by atoms with E-state index < -0.39 is 0 Å². The number of nitrogens with one attached hydrogen (secondary N) is 2. The molecule has 0 amide bonds. The fraction of sp³-hybridized carbons (Fsp3) is 0.385. The first-order valence-corrected chi connectivity index (χ1v) is 12.5. The van der Waals surface area contributed by atoms with Crippen LogP contribution in [0.2, 0.25) is 0 Å². The van der Waals surface area contributed by atoms with Crippen molar-refractivity contribution >= 4 is 33.3 Å². The zero-order valence-electron chi connectivity index (χ0n) is 19.7. The number of para-hydroxylation sites is 1. The van der Waals surface area contributed by atoms with Gasteiger partial charge in [-0.05, 0) is 68.4 Å². The molecular weight excluding hydrogens is 444 g/mol. The SMILES string of the molecule is Cc1nc(NCc2ccncc2)nc(N[C@@]2(C)CC[C@H](CO)[C@H]2C)c1-c1nc2ccccc2s1. The Balaban J connectivity index is 1.54. The number of benzene rings is 1. The number of fused-ring (bicyclic) bond motifs is 1. The highest BCUT2D eigenvalue weighted by Crippen LogP contribution is 2.44. The predicted molar refractivity (Wildman–Crippen MR) is 138 cm³/mol. The summed E-state index contributed by atoms with van der Waals surface area (Å²) in [7, 11) is 0. The van der Waals surface area contributed by atoms with Gasteiger partial charge < -0.3 is 15.7 Å². The third-order valence-corrected chi connectivity index (χ3v) is 8.24. The summed E-state index contributed by atoms with van der Waals surface area (Å²) in [6, 6.07) is 12.1. The van der Waals surface area contributed by atoms with Crippen molar-refractivity contribution in [2.45, 2.75) is 45.7 Å². The van der Waals surface area contributed by atoms with E-state index >= 15 is 0 Å². The fourth-order valence-electron chi connectivity index (χ4n) is 4.84. The van der Waals surface area contributed by atoms with Crippen LogP contribution in [0.25, 0.3) is 20.8 Å². The topological polar surface area (TPSA) is 95.9 Å². The number of hydrogen-bond acceptors (Lipinski definition) is 8. The molecule has 3 N–H and O–H groups in total. The van der Waals surface area contributed by atoms with E-state index in [1.54, 1.807) is 23.7 Å². The molecule has 0 radical (unpaired) electrons. The largest absolute Gasteiger partial charge is 0.396 e. The van der Waals surface area contributed by atoms with Crippen LogP contribution in [0.3, 0.4) is 0 Å². The van der Waals surface area contributed by atoms with Crippen LogP contribution in [0.1, 0.15) is 37.9 Å². The molecule has 3 aromatic heterocycles. The van der Waals surface area contributed by atoms with Crippen LogP contribution in [0.15, 0.2) is 48.8 Å². The Hall–Kier alpha value is -3.10. The minimum absolute atomic E-state index is 0.179. The lowest BCUT2D eigenvalue weighted by Gasteiger charge is -2.34. The minimum Gasteiger partial charge on any atom is -0.396 e. The Morgan fingerprint density at radius 1 is 1.12 bits per heavy atom. The standard InChI is InChI=1S/C26H30N6OS/c1-16-19(15-33)8-11-26(16,3)32-23-22(24-30-20-6-4-5-7-21(20)34-24)17(2)29-25(31-23)28-14-18-9-12-27-13-10-18/h4-7,9-10,12-13,16,19,33H,8,11,14-15H2,1-3H3,(H2,28,29,31,32)/t16-,19-,26+/m1/s1. The Kier molecular flexibility index (Phi) is 6.18. The molecule has 3 atom stereocenters. The summed E-state index contributed by atoms with van der Waals surface area (Å²) in [5.74, 6) is 1.96. The van der Waals surface area contributed by atoms with E-state index in [1.807, 2.05) is 37.3 Å². The summed E-state index contributed by atoms with van der Waals surface area (Å²) in [5, 5.41) is 17.9. The molecule has 1 saturated carbocycles. The van der Waals surface area contributed by atoms with Gasteiger partial charge in [-0.2, -0.15) is 4.98 Å². The van der Waals surface area contributed by atoms with Crippen LogP contribution in [0, 0.1) is 18.8 Å². The predicted octanol–water partition coefficient (Wildman–Crippen LogP) is 5.28. The molecule has 1 fully saturated rings. The van der Waals surface area contributed by atoms with Crippen LogP contribution in [0.5, 0.6) is 0 Å². The third-order valence-electron chi connectivity index (χ3n) is 7.18. The van der Waals surface area contributed by atoms with Gasteiger partial charge in [-0.1, -0.05) is 19.1 Å². The molecule has 34 heavy (non-hydrogen) atoms. The first-order valence-electron chi connectivity index (χ1n) is 11.7. The molecule has 1 aromatic carbocycles. The number of nitrogens with zero attached hydrogens (tertiary/aromatic N) is 4. The van der Waals surface area contributed by atoms with Crippen molar-refractivity contribution in [2.75, 3.05) is 17.2 Å². The molecular formula is C26H30N6OS. The fourth-order valence-corrected chi connectivity index (χ4v) is 5.90. The van der Waals surface area contributed by atoms with Gasteiger partial charge in [-0.25, -0.2) is 9.97 Å². The quantitative estimate of drug-likeness (QED) is 0.335. The van der Waals surface area contributed by atoms with Crippen LogP contribution in [0.4, 0.5) is 11.8 Å². The second kappa shape index (κ2) is 9.27. The monoisotopic (exact) mass is 474 g/mol. The Morgan fingerprint density at radius 2 is 1.91 bits per heavy atom. The van der Waals surface area contributed by atoms with Crippen molar-refractivity contribution in [3.05, 3.63) is 60.0 Å². The Bertz CT molecular complexity index is 1260. The molecule has 0 unspecified atom stereocenters. The highest BCUT2D eigenvalue weighted by atomic mass is 32.1. The summed E-state index contributed by atoms with van der Waals surface area (Å²) in [6.07, 6.45) is 5.54. The van der Waals surface area contributed by atoms with E-state index in [9.17, 15) is 5.11 Å². The Labute approximate surface area is 203 Å². The van der Waals surface area contributed by atoms with E-state index in [0.29, 0.717) is 18.4 Å². The smallest absolute Gasteiger partial charge is 0.225 e. The van der Waals surface area contributed by atoms with Gasteiger partial charge in [0.1, 0.15) is 10.8 Å². The highest BCUT2D eigenvalue weighted by molar-refractivity contribution is 7.21. The molecule has 4 aromatic rings. The van der Waals surface area contributed by atoms with Crippen LogP contribution in [-0.2, 0) is 6.54 Å². The van der Waals surface area contributed by atoms with Crippen molar-refractivity contribution in [3.8, 4) is 10.6 Å². The summed E-state index contributed by atoms with van der Waals surface area (Å²) >= 11 is 1.66. The molecule has 0 spiro atoms. The number of anilines is 2. The minimum atomic E-state index is -0.179. The molecule has 8 heteroatoms. The van der Waals surface area contributed by atoms with Gasteiger partial charge in [0.15, 0.2) is 0 Å². The van der Waals surface area contributed by atoms with Crippen molar-refractivity contribution in [1.82, 2.24) is 19.9 Å². The lowest BCUT2D eigenvalue weighted by atomic mass is 9.86. The number of thiazole rings is 1. The average Bonchev–Trinajstić information content (AvgIpc) is 3.38. The Morgan fingerprint density at radius 3 is 2.65 bits per heavy atom. The first kappa shape index (κ1) is 22.7. The number of aromatic nitrogens is 4. The van der Waals surface area contributed by atoms with Gasteiger partial charge in [-0.15, -0.1) is 11.3 Å². The number of aryl methyl sites for hydroxylation is 1. The van der Waals surface area contributed by atoms with E-state index in [0.717, 1.165) is 50.7 Å². The van der Waals surface area contributed by atoms with Gasteiger partial charge in [0, 0.05) is 31.1 Å².